The lowest BCUT2D eigenvalue weighted by Gasteiger charge is -2.39. The maximum Gasteiger partial charge on any atom is 0.231 e. The van der Waals surface area contributed by atoms with Gasteiger partial charge in [-0.15, -0.1) is 11.3 Å². The topological polar surface area (TPSA) is 49.3 Å². The molecule has 4 rings (SSSR count). The van der Waals surface area contributed by atoms with Gasteiger partial charge >= 0.3 is 0 Å². The Morgan fingerprint density at radius 3 is 2.84 bits per heavy atom. The third kappa shape index (κ3) is 3.15. The molecule has 0 aromatic carbocycles. The predicted octanol–water partition coefficient (Wildman–Crippen LogP) is 3.17. The molecule has 2 aliphatic heterocycles. The van der Waals surface area contributed by atoms with Crippen molar-refractivity contribution < 1.29 is 4.79 Å². The SMILES string of the molecule is Cc1cccc(N2CCC[C@@]3(CCN(Cc4csc(C)n4)C3=O)C2)n1. The second-order valence-corrected chi connectivity index (χ2v) is 8.34. The van der Waals surface area contributed by atoms with Gasteiger partial charge in [0.2, 0.25) is 5.91 Å². The summed E-state index contributed by atoms with van der Waals surface area (Å²) in [4.78, 5) is 26.7. The number of rotatable bonds is 3. The summed E-state index contributed by atoms with van der Waals surface area (Å²) in [6.45, 7) is 7.28. The molecule has 0 aliphatic carbocycles. The molecule has 2 aromatic heterocycles. The monoisotopic (exact) mass is 356 g/mol. The quantitative estimate of drug-likeness (QED) is 0.847. The Hall–Kier alpha value is -1.95. The van der Waals surface area contributed by atoms with Crippen molar-refractivity contribution in [1.82, 2.24) is 14.9 Å². The Balaban J connectivity index is 1.50. The summed E-state index contributed by atoms with van der Waals surface area (Å²) in [5.74, 6) is 1.30. The Kier molecular flexibility index (Phi) is 4.23. The first-order valence-corrected chi connectivity index (χ1v) is 9.83. The minimum Gasteiger partial charge on any atom is -0.356 e. The third-order valence-corrected chi connectivity index (χ3v) is 6.22. The van der Waals surface area contributed by atoms with Gasteiger partial charge in [0, 0.05) is 30.7 Å². The number of likely N-dealkylation sites (tertiary alicyclic amines) is 1. The van der Waals surface area contributed by atoms with Crippen LogP contribution in [0.2, 0.25) is 0 Å². The van der Waals surface area contributed by atoms with Crippen LogP contribution in [0, 0.1) is 19.3 Å². The molecule has 1 atom stereocenters. The van der Waals surface area contributed by atoms with Crippen molar-refractivity contribution in [2.24, 2.45) is 5.41 Å². The van der Waals surface area contributed by atoms with Gasteiger partial charge in [0.05, 0.1) is 22.7 Å². The van der Waals surface area contributed by atoms with Crippen molar-refractivity contribution in [3.63, 3.8) is 0 Å². The highest BCUT2D eigenvalue weighted by Gasteiger charge is 2.49. The Bertz CT molecular complexity index is 789. The molecule has 0 unspecified atom stereocenters. The second kappa shape index (κ2) is 6.41. The molecule has 0 saturated carbocycles. The van der Waals surface area contributed by atoms with Crippen LogP contribution in [0.4, 0.5) is 5.82 Å². The molecule has 2 aromatic rings. The fraction of sp³-hybridized carbons (Fsp3) is 0.526. The van der Waals surface area contributed by atoms with Crippen LogP contribution in [0.3, 0.4) is 0 Å². The van der Waals surface area contributed by atoms with Crippen molar-refractivity contribution in [2.45, 2.75) is 39.7 Å². The van der Waals surface area contributed by atoms with Crippen LogP contribution < -0.4 is 4.90 Å². The number of aromatic nitrogens is 2. The van der Waals surface area contributed by atoms with E-state index in [2.05, 4.69) is 26.3 Å². The van der Waals surface area contributed by atoms with Crippen molar-refractivity contribution in [1.29, 1.82) is 0 Å². The summed E-state index contributed by atoms with van der Waals surface area (Å²) in [5, 5.41) is 3.13. The van der Waals surface area contributed by atoms with E-state index in [-0.39, 0.29) is 5.41 Å². The van der Waals surface area contributed by atoms with Crippen molar-refractivity contribution in [3.05, 3.63) is 40.0 Å². The van der Waals surface area contributed by atoms with Crippen LogP contribution >= 0.6 is 11.3 Å². The molecule has 132 valence electrons. The van der Waals surface area contributed by atoms with Gasteiger partial charge in [-0.25, -0.2) is 9.97 Å². The number of carbonyl (C=O) groups excluding carboxylic acids is 1. The molecular formula is C19H24N4OS. The first kappa shape index (κ1) is 16.5. The summed E-state index contributed by atoms with van der Waals surface area (Å²) in [6, 6.07) is 6.12. The largest absolute Gasteiger partial charge is 0.356 e. The molecule has 2 fully saturated rings. The van der Waals surface area contributed by atoms with Gasteiger partial charge in [0.1, 0.15) is 5.82 Å². The summed E-state index contributed by atoms with van der Waals surface area (Å²) < 4.78 is 0. The minimum atomic E-state index is -0.241. The van der Waals surface area contributed by atoms with Crippen molar-refractivity contribution in [2.75, 3.05) is 24.5 Å². The van der Waals surface area contributed by atoms with E-state index in [0.29, 0.717) is 12.5 Å². The molecule has 1 spiro atoms. The number of hydrogen-bond donors (Lipinski definition) is 0. The normalized spacial score (nSPS) is 23.7. The second-order valence-electron chi connectivity index (χ2n) is 7.28. The first-order chi connectivity index (χ1) is 12.1. The van der Waals surface area contributed by atoms with Crippen LogP contribution in [-0.4, -0.2) is 40.4 Å². The number of hydrogen-bond acceptors (Lipinski definition) is 5. The smallest absolute Gasteiger partial charge is 0.231 e. The van der Waals surface area contributed by atoms with Crippen LogP contribution in [0.5, 0.6) is 0 Å². The van der Waals surface area contributed by atoms with E-state index in [0.717, 1.165) is 61.1 Å². The zero-order valence-corrected chi connectivity index (χ0v) is 15.7. The molecule has 4 heterocycles. The van der Waals surface area contributed by atoms with Crippen LogP contribution in [0.1, 0.15) is 35.7 Å². The predicted molar refractivity (Wildman–Crippen MR) is 99.7 cm³/mol. The average molecular weight is 356 g/mol. The molecule has 2 aliphatic rings. The van der Waals surface area contributed by atoms with Gasteiger partial charge in [0.25, 0.3) is 0 Å². The van der Waals surface area contributed by atoms with E-state index < -0.39 is 0 Å². The summed E-state index contributed by atoms with van der Waals surface area (Å²) in [5.41, 5.74) is 1.80. The highest BCUT2D eigenvalue weighted by atomic mass is 32.1. The van der Waals surface area contributed by atoms with E-state index >= 15 is 0 Å². The van der Waals surface area contributed by atoms with Gasteiger partial charge < -0.3 is 9.80 Å². The average Bonchev–Trinajstić information content (AvgIpc) is 3.14. The molecule has 6 heteroatoms. The number of anilines is 1. The Labute approximate surface area is 152 Å². The van der Waals surface area contributed by atoms with E-state index in [4.69, 9.17) is 0 Å². The number of piperidine rings is 1. The third-order valence-electron chi connectivity index (χ3n) is 5.40. The number of aryl methyl sites for hydroxylation is 2. The number of nitrogens with zero attached hydrogens (tertiary/aromatic N) is 4. The minimum absolute atomic E-state index is 0.241. The Morgan fingerprint density at radius 1 is 1.20 bits per heavy atom. The lowest BCUT2D eigenvalue weighted by molar-refractivity contribution is -0.137. The summed E-state index contributed by atoms with van der Waals surface area (Å²) >= 11 is 1.65. The van der Waals surface area contributed by atoms with Crippen molar-refractivity contribution in [3.8, 4) is 0 Å². The maximum atomic E-state index is 13.2. The van der Waals surface area contributed by atoms with E-state index in [1.165, 1.54) is 0 Å². The van der Waals surface area contributed by atoms with E-state index in [9.17, 15) is 4.79 Å². The van der Waals surface area contributed by atoms with Crippen LogP contribution in [0.25, 0.3) is 0 Å². The molecular weight excluding hydrogens is 332 g/mol. The molecule has 5 nitrogen and oxygen atoms in total. The molecule has 0 bridgehead atoms. The molecule has 0 N–H and O–H groups in total. The van der Waals surface area contributed by atoms with Gasteiger partial charge in [-0.3, -0.25) is 4.79 Å². The van der Waals surface area contributed by atoms with E-state index in [1.54, 1.807) is 11.3 Å². The fourth-order valence-electron chi connectivity index (χ4n) is 4.13. The number of amides is 1. The lowest BCUT2D eigenvalue weighted by Crippen LogP contribution is -2.48. The number of carbonyl (C=O) groups is 1. The summed E-state index contributed by atoms with van der Waals surface area (Å²) in [7, 11) is 0. The van der Waals surface area contributed by atoms with Crippen LogP contribution in [-0.2, 0) is 11.3 Å². The van der Waals surface area contributed by atoms with Gasteiger partial charge in [0.15, 0.2) is 0 Å². The number of thiazole rings is 1. The van der Waals surface area contributed by atoms with Gasteiger partial charge in [-0.2, -0.15) is 0 Å². The maximum absolute atomic E-state index is 13.2. The van der Waals surface area contributed by atoms with Crippen LogP contribution in [0.15, 0.2) is 23.6 Å². The molecule has 25 heavy (non-hydrogen) atoms. The molecule has 0 radical (unpaired) electrons. The highest BCUT2D eigenvalue weighted by Crippen LogP contribution is 2.41. The summed E-state index contributed by atoms with van der Waals surface area (Å²) in [6.07, 6.45) is 2.98. The molecule has 1 amide bonds. The zero-order chi connectivity index (χ0) is 17.4. The van der Waals surface area contributed by atoms with E-state index in [1.807, 2.05) is 30.9 Å². The lowest BCUT2D eigenvalue weighted by atomic mass is 9.78. The standard InChI is InChI=1S/C19H24N4OS/c1-14-5-3-6-17(20-14)23-9-4-7-19(13-23)8-10-22(18(19)24)11-16-12-25-15(2)21-16/h3,5-6,12H,4,7-11,13H2,1-2H3/t19-/m1/s1. The Morgan fingerprint density at radius 2 is 2.08 bits per heavy atom. The fourth-order valence-corrected chi connectivity index (χ4v) is 4.73. The molecule has 2 saturated heterocycles. The van der Waals surface area contributed by atoms with Crippen molar-refractivity contribution >= 4 is 23.1 Å². The number of pyridine rings is 1. The van der Waals surface area contributed by atoms with Gasteiger partial charge in [-0.1, -0.05) is 6.07 Å². The first-order valence-electron chi connectivity index (χ1n) is 8.95. The van der Waals surface area contributed by atoms with Gasteiger partial charge in [-0.05, 0) is 45.2 Å². The highest BCUT2D eigenvalue weighted by molar-refractivity contribution is 7.09. The zero-order valence-electron chi connectivity index (χ0n) is 14.9.